The molecule has 3 aromatic rings. The predicted molar refractivity (Wildman–Crippen MR) is 100 cm³/mol. The Kier molecular flexibility index (Phi) is 5.49. The normalized spacial score (nSPS) is 10.3. The standard InChI is InChI=1S/C21H20N2O3/c1-15-5-2-3-6-16(15)12-13-22-20(24)17-8-10-18(11-9-17)23-21(25)19-7-4-14-26-19/h2-11,14H,12-13H2,1H3,(H,22,24)(H,23,25). The average Bonchev–Trinajstić information content (AvgIpc) is 3.19. The first-order valence-electron chi connectivity index (χ1n) is 8.41. The van der Waals surface area contributed by atoms with Crippen LogP contribution in [0.5, 0.6) is 0 Å². The minimum atomic E-state index is -0.328. The van der Waals surface area contributed by atoms with Gasteiger partial charge < -0.3 is 15.1 Å². The number of hydrogen-bond acceptors (Lipinski definition) is 3. The van der Waals surface area contributed by atoms with Crippen molar-refractivity contribution in [3.05, 3.63) is 89.4 Å². The molecule has 0 aliphatic heterocycles. The third kappa shape index (κ3) is 4.39. The van der Waals surface area contributed by atoms with Crippen molar-refractivity contribution in [1.29, 1.82) is 0 Å². The molecule has 0 spiro atoms. The first kappa shape index (κ1) is 17.5. The number of furan rings is 1. The lowest BCUT2D eigenvalue weighted by Crippen LogP contribution is -2.25. The summed E-state index contributed by atoms with van der Waals surface area (Å²) in [6.07, 6.45) is 2.23. The van der Waals surface area contributed by atoms with Crippen molar-refractivity contribution in [1.82, 2.24) is 5.32 Å². The fraction of sp³-hybridized carbons (Fsp3) is 0.143. The number of benzene rings is 2. The minimum absolute atomic E-state index is 0.137. The van der Waals surface area contributed by atoms with Gasteiger partial charge in [0.25, 0.3) is 11.8 Å². The topological polar surface area (TPSA) is 71.3 Å². The molecular formula is C21H20N2O3. The maximum atomic E-state index is 12.2. The number of carbonyl (C=O) groups excluding carboxylic acids is 2. The molecule has 1 heterocycles. The third-order valence-corrected chi connectivity index (χ3v) is 4.09. The molecule has 0 unspecified atom stereocenters. The van der Waals surface area contributed by atoms with E-state index in [-0.39, 0.29) is 17.6 Å². The van der Waals surface area contributed by atoms with Crippen molar-refractivity contribution in [3.63, 3.8) is 0 Å². The van der Waals surface area contributed by atoms with E-state index in [2.05, 4.69) is 29.7 Å². The molecule has 5 nitrogen and oxygen atoms in total. The Hall–Kier alpha value is -3.34. The molecule has 5 heteroatoms. The van der Waals surface area contributed by atoms with Crippen molar-refractivity contribution in [2.45, 2.75) is 13.3 Å². The summed E-state index contributed by atoms with van der Waals surface area (Å²) in [5.41, 5.74) is 3.59. The fourth-order valence-corrected chi connectivity index (χ4v) is 2.61. The largest absolute Gasteiger partial charge is 0.459 e. The lowest BCUT2D eigenvalue weighted by atomic mass is 10.1. The molecule has 132 valence electrons. The molecule has 26 heavy (non-hydrogen) atoms. The van der Waals surface area contributed by atoms with Crippen molar-refractivity contribution in [3.8, 4) is 0 Å². The molecular weight excluding hydrogens is 328 g/mol. The van der Waals surface area contributed by atoms with E-state index in [4.69, 9.17) is 4.42 Å². The van der Waals surface area contributed by atoms with Gasteiger partial charge in [0.15, 0.2) is 5.76 Å². The number of carbonyl (C=O) groups is 2. The highest BCUT2D eigenvalue weighted by molar-refractivity contribution is 6.02. The molecule has 0 bridgehead atoms. The molecule has 0 atom stereocenters. The lowest BCUT2D eigenvalue weighted by molar-refractivity contribution is 0.0953. The van der Waals surface area contributed by atoms with E-state index in [0.717, 1.165) is 6.42 Å². The van der Waals surface area contributed by atoms with Crippen LogP contribution in [0.15, 0.2) is 71.3 Å². The minimum Gasteiger partial charge on any atom is -0.459 e. The quantitative estimate of drug-likeness (QED) is 0.711. The number of nitrogens with one attached hydrogen (secondary N) is 2. The molecule has 1 aromatic heterocycles. The fourth-order valence-electron chi connectivity index (χ4n) is 2.61. The Labute approximate surface area is 152 Å². The van der Waals surface area contributed by atoms with Crippen LogP contribution in [-0.4, -0.2) is 18.4 Å². The molecule has 3 rings (SSSR count). The van der Waals surface area contributed by atoms with Crippen molar-refractivity contribution < 1.29 is 14.0 Å². The van der Waals surface area contributed by atoms with Crippen LogP contribution in [0.1, 0.15) is 32.0 Å². The first-order chi connectivity index (χ1) is 12.6. The van der Waals surface area contributed by atoms with Crippen LogP contribution in [0.3, 0.4) is 0 Å². The molecule has 0 saturated heterocycles. The van der Waals surface area contributed by atoms with Crippen molar-refractivity contribution >= 4 is 17.5 Å². The van der Waals surface area contributed by atoms with E-state index in [0.29, 0.717) is 17.8 Å². The number of amides is 2. The predicted octanol–water partition coefficient (Wildman–Crippen LogP) is 3.81. The Balaban J connectivity index is 1.52. The van der Waals surface area contributed by atoms with E-state index in [9.17, 15) is 9.59 Å². The van der Waals surface area contributed by atoms with Gasteiger partial charge in [-0.1, -0.05) is 24.3 Å². The van der Waals surface area contributed by atoms with Crippen LogP contribution in [0.25, 0.3) is 0 Å². The van der Waals surface area contributed by atoms with Gasteiger partial charge >= 0.3 is 0 Å². The summed E-state index contributed by atoms with van der Waals surface area (Å²) in [5, 5.41) is 5.63. The van der Waals surface area contributed by atoms with Gasteiger partial charge in [-0.05, 0) is 60.9 Å². The van der Waals surface area contributed by atoms with Crippen LogP contribution >= 0.6 is 0 Å². The number of aryl methyl sites for hydroxylation is 1. The molecule has 0 fully saturated rings. The van der Waals surface area contributed by atoms with Crippen molar-refractivity contribution in [2.24, 2.45) is 0 Å². The van der Waals surface area contributed by atoms with E-state index in [1.807, 2.05) is 12.1 Å². The summed E-state index contributed by atoms with van der Waals surface area (Å²) in [6.45, 7) is 2.63. The number of anilines is 1. The van der Waals surface area contributed by atoms with E-state index in [1.54, 1.807) is 36.4 Å². The summed E-state index contributed by atoms with van der Waals surface area (Å²) in [5.74, 6) is -0.226. The molecule has 2 N–H and O–H groups in total. The smallest absolute Gasteiger partial charge is 0.291 e. The Morgan fingerprint density at radius 2 is 1.69 bits per heavy atom. The SMILES string of the molecule is Cc1ccccc1CCNC(=O)c1ccc(NC(=O)c2ccco2)cc1. The van der Waals surface area contributed by atoms with Gasteiger partial charge in [-0.2, -0.15) is 0 Å². The van der Waals surface area contributed by atoms with Gasteiger partial charge in [0, 0.05) is 17.8 Å². The second kappa shape index (κ2) is 8.16. The van der Waals surface area contributed by atoms with Crippen LogP contribution in [0.4, 0.5) is 5.69 Å². The van der Waals surface area contributed by atoms with Gasteiger partial charge in [0.1, 0.15) is 0 Å². The van der Waals surface area contributed by atoms with Crippen LogP contribution in [0.2, 0.25) is 0 Å². The second-order valence-corrected chi connectivity index (χ2v) is 5.94. The van der Waals surface area contributed by atoms with Gasteiger partial charge in [-0.15, -0.1) is 0 Å². The van der Waals surface area contributed by atoms with E-state index >= 15 is 0 Å². The summed E-state index contributed by atoms with van der Waals surface area (Å²) >= 11 is 0. The zero-order valence-corrected chi connectivity index (χ0v) is 14.5. The average molecular weight is 348 g/mol. The summed E-state index contributed by atoms with van der Waals surface area (Å²) in [6, 6.07) is 18.1. The number of rotatable bonds is 6. The first-order valence-corrected chi connectivity index (χ1v) is 8.41. The Morgan fingerprint density at radius 3 is 2.38 bits per heavy atom. The van der Waals surface area contributed by atoms with E-state index in [1.165, 1.54) is 17.4 Å². The Morgan fingerprint density at radius 1 is 0.923 bits per heavy atom. The van der Waals surface area contributed by atoms with Gasteiger partial charge in [0.05, 0.1) is 6.26 Å². The zero-order valence-electron chi connectivity index (χ0n) is 14.5. The molecule has 0 aliphatic carbocycles. The summed E-state index contributed by atoms with van der Waals surface area (Å²) < 4.78 is 5.04. The van der Waals surface area contributed by atoms with Crippen LogP contribution in [0, 0.1) is 6.92 Å². The molecule has 0 saturated carbocycles. The molecule has 0 aliphatic rings. The van der Waals surface area contributed by atoms with Crippen LogP contribution in [-0.2, 0) is 6.42 Å². The molecule has 2 aromatic carbocycles. The Bertz CT molecular complexity index is 884. The highest BCUT2D eigenvalue weighted by Crippen LogP contribution is 2.12. The van der Waals surface area contributed by atoms with Crippen LogP contribution < -0.4 is 10.6 Å². The third-order valence-electron chi connectivity index (χ3n) is 4.09. The molecule has 0 radical (unpaired) electrons. The van der Waals surface area contributed by atoms with E-state index < -0.39 is 0 Å². The van der Waals surface area contributed by atoms with Crippen molar-refractivity contribution in [2.75, 3.05) is 11.9 Å². The highest BCUT2D eigenvalue weighted by atomic mass is 16.3. The second-order valence-electron chi connectivity index (χ2n) is 5.94. The van der Waals surface area contributed by atoms with Gasteiger partial charge in [-0.25, -0.2) is 0 Å². The molecule has 2 amide bonds. The monoisotopic (exact) mass is 348 g/mol. The highest BCUT2D eigenvalue weighted by Gasteiger charge is 2.10. The maximum Gasteiger partial charge on any atom is 0.291 e. The maximum absolute atomic E-state index is 12.2. The zero-order chi connectivity index (χ0) is 18.4. The summed E-state index contributed by atoms with van der Waals surface area (Å²) in [4.78, 5) is 24.1. The summed E-state index contributed by atoms with van der Waals surface area (Å²) in [7, 11) is 0. The van der Waals surface area contributed by atoms with Gasteiger partial charge in [-0.3, -0.25) is 9.59 Å². The lowest BCUT2D eigenvalue weighted by Gasteiger charge is -2.08. The van der Waals surface area contributed by atoms with Gasteiger partial charge in [0.2, 0.25) is 0 Å². The number of hydrogen-bond donors (Lipinski definition) is 2.